The lowest BCUT2D eigenvalue weighted by atomic mass is 10.1. The van der Waals surface area contributed by atoms with Crippen molar-refractivity contribution in [3.05, 3.63) is 30.3 Å². The van der Waals surface area contributed by atoms with Crippen LogP contribution in [0.15, 0.2) is 40.0 Å². The molecule has 0 N–H and O–H groups in total. The highest BCUT2D eigenvalue weighted by Gasteiger charge is 2.24. The highest BCUT2D eigenvalue weighted by molar-refractivity contribution is 7.99. The van der Waals surface area contributed by atoms with Crippen molar-refractivity contribution >= 4 is 29.3 Å². The van der Waals surface area contributed by atoms with E-state index >= 15 is 0 Å². The standard InChI is InChI=1S/C15H16ClN3O2S/c16-10-13(20)19-8-6-12(7-9-19)22-15-18-17-14(21-15)11-4-2-1-3-5-11/h1-5,12H,6-10H2. The van der Waals surface area contributed by atoms with Crippen LogP contribution in [0.3, 0.4) is 0 Å². The SMILES string of the molecule is O=C(CCl)N1CCC(Sc2nnc(-c3ccccc3)o2)CC1. The molecule has 2 aromatic rings. The van der Waals surface area contributed by atoms with E-state index in [0.717, 1.165) is 31.5 Å². The van der Waals surface area contributed by atoms with Gasteiger partial charge in [0.25, 0.3) is 5.22 Å². The van der Waals surface area contributed by atoms with Gasteiger partial charge in [-0.1, -0.05) is 30.0 Å². The van der Waals surface area contributed by atoms with E-state index in [9.17, 15) is 4.79 Å². The van der Waals surface area contributed by atoms with E-state index in [1.54, 1.807) is 11.8 Å². The summed E-state index contributed by atoms with van der Waals surface area (Å²) in [5.74, 6) is 0.606. The van der Waals surface area contributed by atoms with E-state index in [4.69, 9.17) is 16.0 Å². The van der Waals surface area contributed by atoms with Crippen molar-refractivity contribution in [3.63, 3.8) is 0 Å². The molecular formula is C15H16ClN3O2S. The maximum Gasteiger partial charge on any atom is 0.277 e. The van der Waals surface area contributed by atoms with E-state index in [1.165, 1.54) is 0 Å². The Balaban J connectivity index is 1.57. The van der Waals surface area contributed by atoms with Gasteiger partial charge in [-0.2, -0.15) is 0 Å². The molecule has 1 saturated heterocycles. The summed E-state index contributed by atoms with van der Waals surface area (Å²) in [5, 5.41) is 9.17. The van der Waals surface area contributed by atoms with Crippen molar-refractivity contribution in [3.8, 4) is 11.5 Å². The van der Waals surface area contributed by atoms with Gasteiger partial charge < -0.3 is 9.32 Å². The summed E-state index contributed by atoms with van der Waals surface area (Å²) < 4.78 is 5.71. The number of carbonyl (C=O) groups is 1. The van der Waals surface area contributed by atoms with Gasteiger partial charge in [0.15, 0.2) is 0 Å². The number of hydrogen-bond donors (Lipinski definition) is 0. The highest BCUT2D eigenvalue weighted by Crippen LogP contribution is 2.31. The van der Waals surface area contributed by atoms with Crippen molar-refractivity contribution in [1.82, 2.24) is 15.1 Å². The molecule has 1 aromatic carbocycles. The first-order valence-corrected chi connectivity index (χ1v) is 8.57. The number of carbonyl (C=O) groups excluding carboxylic acids is 1. The lowest BCUT2D eigenvalue weighted by Gasteiger charge is -2.30. The molecule has 0 unspecified atom stereocenters. The summed E-state index contributed by atoms with van der Waals surface area (Å²) in [6.07, 6.45) is 1.83. The van der Waals surface area contributed by atoms with Gasteiger partial charge >= 0.3 is 0 Å². The monoisotopic (exact) mass is 337 g/mol. The Kier molecular flexibility index (Phi) is 5.00. The second kappa shape index (κ2) is 7.15. The first-order chi connectivity index (χ1) is 10.8. The van der Waals surface area contributed by atoms with E-state index < -0.39 is 0 Å². The molecule has 22 heavy (non-hydrogen) atoms. The molecule has 5 nitrogen and oxygen atoms in total. The largest absolute Gasteiger partial charge is 0.411 e. The van der Waals surface area contributed by atoms with Gasteiger partial charge in [0.2, 0.25) is 11.8 Å². The van der Waals surface area contributed by atoms with Gasteiger partial charge in [0, 0.05) is 23.9 Å². The lowest BCUT2D eigenvalue weighted by molar-refractivity contribution is -0.129. The Labute approximate surface area is 138 Å². The number of piperidine rings is 1. The average molecular weight is 338 g/mol. The third kappa shape index (κ3) is 3.62. The number of nitrogens with zero attached hydrogens (tertiary/aromatic N) is 3. The Bertz CT molecular complexity index is 627. The third-order valence-electron chi connectivity index (χ3n) is 3.60. The number of hydrogen-bond acceptors (Lipinski definition) is 5. The van der Waals surface area contributed by atoms with Crippen LogP contribution in [0.4, 0.5) is 0 Å². The van der Waals surface area contributed by atoms with Gasteiger partial charge in [0.05, 0.1) is 0 Å². The Hall–Kier alpha value is -1.53. The quantitative estimate of drug-likeness (QED) is 0.802. The smallest absolute Gasteiger partial charge is 0.277 e. The average Bonchev–Trinajstić information content (AvgIpc) is 3.04. The van der Waals surface area contributed by atoms with Crippen molar-refractivity contribution in [2.24, 2.45) is 0 Å². The topological polar surface area (TPSA) is 59.2 Å². The zero-order chi connectivity index (χ0) is 15.4. The Morgan fingerprint density at radius 2 is 2.00 bits per heavy atom. The fraction of sp³-hybridized carbons (Fsp3) is 0.400. The second-order valence-electron chi connectivity index (χ2n) is 5.07. The highest BCUT2D eigenvalue weighted by atomic mass is 35.5. The van der Waals surface area contributed by atoms with E-state index in [0.29, 0.717) is 16.4 Å². The maximum absolute atomic E-state index is 11.5. The molecule has 0 atom stereocenters. The predicted octanol–water partition coefficient (Wildman–Crippen LogP) is 3.06. The molecule has 1 aliphatic heterocycles. The normalized spacial score (nSPS) is 16.0. The van der Waals surface area contributed by atoms with Crippen molar-refractivity contribution in [1.29, 1.82) is 0 Å². The molecule has 116 valence electrons. The number of benzene rings is 1. The van der Waals surface area contributed by atoms with E-state index in [1.807, 2.05) is 35.2 Å². The molecule has 7 heteroatoms. The van der Waals surface area contributed by atoms with Crippen LogP contribution in [0, 0.1) is 0 Å². The summed E-state index contributed by atoms with van der Waals surface area (Å²) in [7, 11) is 0. The summed E-state index contributed by atoms with van der Waals surface area (Å²) in [6, 6.07) is 9.72. The van der Waals surface area contributed by atoms with Crippen LogP contribution in [0.1, 0.15) is 12.8 Å². The number of rotatable bonds is 4. The fourth-order valence-corrected chi connectivity index (χ4v) is 3.52. The molecule has 1 amide bonds. The molecule has 1 aromatic heterocycles. The van der Waals surface area contributed by atoms with Gasteiger partial charge in [-0.25, -0.2) is 0 Å². The van der Waals surface area contributed by atoms with Crippen LogP contribution in [-0.2, 0) is 4.79 Å². The van der Waals surface area contributed by atoms with Gasteiger partial charge in [-0.05, 0) is 25.0 Å². The van der Waals surface area contributed by atoms with Crippen molar-refractivity contribution in [2.45, 2.75) is 23.3 Å². The zero-order valence-corrected chi connectivity index (χ0v) is 13.5. The summed E-state index contributed by atoms with van der Waals surface area (Å²) in [6.45, 7) is 1.48. The zero-order valence-electron chi connectivity index (χ0n) is 11.9. The number of amides is 1. The molecule has 0 radical (unpaired) electrons. The predicted molar refractivity (Wildman–Crippen MR) is 85.9 cm³/mol. The van der Waals surface area contributed by atoms with E-state index in [-0.39, 0.29) is 11.8 Å². The number of halogens is 1. The van der Waals surface area contributed by atoms with Crippen LogP contribution in [0.5, 0.6) is 0 Å². The minimum absolute atomic E-state index is 0.00858. The van der Waals surface area contributed by atoms with Crippen LogP contribution in [0.2, 0.25) is 0 Å². The van der Waals surface area contributed by atoms with Gasteiger partial charge in [-0.15, -0.1) is 21.8 Å². The fourth-order valence-electron chi connectivity index (χ4n) is 2.40. The first-order valence-electron chi connectivity index (χ1n) is 7.15. The van der Waals surface area contributed by atoms with E-state index in [2.05, 4.69) is 10.2 Å². The number of aromatic nitrogens is 2. The molecule has 2 heterocycles. The second-order valence-corrected chi connectivity index (χ2v) is 6.59. The van der Waals surface area contributed by atoms with Crippen LogP contribution in [-0.4, -0.2) is 45.2 Å². The Morgan fingerprint density at radius 1 is 1.27 bits per heavy atom. The molecular weight excluding hydrogens is 322 g/mol. The van der Waals surface area contributed by atoms with Crippen molar-refractivity contribution in [2.75, 3.05) is 19.0 Å². The van der Waals surface area contributed by atoms with Crippen molar-refractivity contribution < 1.29 is 9.21 Å². The Morgan fingerprint density at radius 3 is 2.68 bits per heavy atom. The number of alkyl halides is 1. The molecule has 1 aliphatic rings. The minimum Gasteiger partial charge on any atom is -0.411 e. The van der Waals surface area contributed by atoms with Crippen LogP contribution in [0.25, 0.3) is 11.5 Å². The molecule has 1 fully saturated rings. The first kappa shape index (κ1) is 15.4. The van der Waals surface area contributed by atoms with Gasteiger partial charge in [-0.3, -0.25) is 4.79 Å². The lowest BCUT2D eigenvalue weighted by Crippen LogP contribution is -2.39. The van der Waals surface area contributed by atoms with Gasteiger partial charge in [0.1, 0.15) is 5.88 Å². The minimum atomic E-state index is 0.00858. The summed E-state index contributed by atoms with van der Waals surface area (Å²) in [4.78, 5) is 13.4. The molecule has 0 aliphatic carbocycles. The molecule has 0 spiro atoms. The number of likely N-dealkylation sites (tertiary alicyclic amines) is 1. The molecule has 0 saturated carbocycles. The summed E-state index contributed by atoms with van der Waals surface area (Å²) in [5.41, 5.74) is 0.921. The summed E-state index contributed by atoms with van der Waals surface area (Å²) >= 11 is 7.17. The van der Waals surface area contributed by atoms with Crippen LogP contribution < -0.4 is 0 Å². The molecule has 0 bridgehead atoms. The van der Waals surface area contributed by atoms with Crippen LogP contribution >= 0.6 is 23.4 Å². The third-order valence-corrected chi connectivity index (χ3v) is 5.00. The maximum atomic E-state index is 11.5. The number of thioether (sulfide) groups is 1. The molecule has 3 rings (SSSR count).